The molecule has 1 aliphatic carbocycles. The second-order valence-electron chi connectivity index (χ2n) is 4.81. The van der Waals surface area contributed by atoms with Crippen molar-refractivity contribution in [2.45, 2.75) is 31.5 Å². The SMILES string of the molecule is O=C(O)C1CCCC1Nc1ccc(Br)cc1C(F)(F)F. The van der Waals surface area contributed by atoms with Crippen molar-refractivity contribution in [3.63, 3.8) is 0 Å². The predicted molar refractivity (Wildman–Crippen MR) is 71.5 cm³/mol. The first-order valence-corrected chi connectivity index (χ1v) is 6.94. The fourth-order valence-corrected chi connectivity index (χ4v) is 2.87. The van der Waals surface area contributed by atoms with Crippen molar-refractivity contribution in [3.8, 4) is 0 Å². The van der Waals surface area contributed by atoms with Gasteiger partial charge in [-0.3, -0.25) is 4.79 Å². The van der Waals surface area contributed by atoms with Gasteiger partial charge in [-0.15, -0.1) is 0 Å². The fourth-order valence-electron chi connectivity index (χ4n) is 2.50. The summed E-state index contributed by atoms with van der Waals surface area (Å²) in [5, 5.41) is 11.8. The molecular formula is C13H13BrF3NO2. The molecule has 1 aliphatic rings. The summed E-state index contributed by atoms with van der Waals surface area (Å²) in [5.41, 5.74) is -0.859. The maximum Gasteiger partial charge on any atom is 0.418 e. The highest BCUT2D eigenvalue weighted by Gasteiger charge is 2.37. The van der Waals surface area contributed by atoms with E-state index in [0.717, 1.165) is 6.07 Å². The van der Waals surface area contributed by atoms with E-state index >= 15 is 0 Å². The molecule has 0 amide bonds. The molecule has 1 fully saturated rings. The highest BCUT2D eigenvalue weighted by molar-refractivity contribution is 9.10. The summed E-state index contributed by atoms with van der Waals surface area (Å²) >= 11 is 3.01. The molecule has 0 spiro atoms. The van der Waals surface area contributed by atoms with Gasteiger partial charge >= 0.3 is 12.1 Å². The van der Waals surface area contributed by atoms with Gasteiger partial charge in [-0.05, 0) is 31.0 Å². The first-order valence-electron chi connectivity index (χ1n) is 6.15. The van der Waals surface area contributed by atoms with Crippen LogP contribution in [-0.2, 0) is 11.0 Å². The molecule has 1 aromatic rings. The number of aliphatic carboxylic acids is 1. The molecule has 7 heteroatoms. The Bertz CT molecular complexity index is 519. The molecule has 3 nitrogen and oxygen atoms in total. The van der Waals surface area contributed by atoms with E-state index in [9.17, 15) is 18.0 Å². The van der Waals surface area contributed by atoms with E-state index in [1.807, 2.05) is 0 Å². The number of carboxylic acids is 1. The minimum Gasteiger partial charge on any atom is -0.481 e. The smallest absolute Gasteiger partial charge is 0.418 e. The summed E-state index contributed by atoms with van der Waals surface area (Å²) < 4.78 is 39.3. The Morgan fingerprint density at radius 1 is 1.35 bits per heavy atom. The summed E-state index contributed by atoms with van der Waals surface area (Å²) in [6, 6.07) is 3.36. The molecule has 0 aliphatic heterocycles. The molecule has 0 radical (unpaired) electrons. The normalized spacial score (nSPS) is 22.8. The number of carbonyl (C=O) groups is 1. The highest BCUT2D eigenvalue weighted by atomic mass is 79.9. The van der Waals surface area contributed by atoms with Crippen LogP contribution in [0.2, 0.25) is 0 Å². The third kappa shape index (κ3) is 3.26. The van der Waals surface area contributed by atoms with Crippen LogP contribution in [0, 0.1) is 5.92 Å². The molecular weight excluding hydrogens is 339 g/mol. The summed E-state index contributed by atoms with van der Waals surface area (Å²) in [5.74, 6) is -1.61. The molecule has 1 saturated carbocycles. The Morgan fingerprint density at radius 2 is 2.05 bits per heavy atom. The maximum absolute atomic E-state index is 13.0. The number of alkyl halides is 3. The third-order valence-corrected chi connectivity index (χ3v) is 3.95. The van der Waals surface area contributed by atoms with Crippen LogP contribution >= 0.6 is 15.9 Å². The van der Waals surface area contributed by atoms with Crippen molar-refractivity contribution in [2.75, 3.05) is 5.32 Å². The molecule has 1 aromatic carbocycles. The number of rotatable bonds is 3. The Hall–Kier alpha value is -1.24. The highest BCUT2D eigenvalue weighted by Crippen LogP contribution is 2.38. The Morgan fingerprint density at radius 3 is 2.65 bits per heavy atom. The molecule has 0 saturated heterocycles. The third-order valence-electron chi connectivity index (χ3n) is 3.46. The van der Waals surface area contributed by atoms with Crippen molar-refractivity contribution < 1.29 is 23.1 Å². The lowest BCUT2D eigenvalue weighted by Crippen LogP contribution is -2.30. The van der Waals surface area contributed by atoms with Gasteiger partial charge in [0.1, 0.15) is 0 Å². The van der Waals surface area contributed by atoms with Crippen LogP contribution in [0.5, 0.6) is 0 Å². The fraction of sp³-hybridized carbons (Fsp3) is 0.462. The monoisotopic (exact) mass is 351 g/mol. The van der Waals surface area contributed by atoms with E-state index in [4.69, 9.17) is 5.11 Å². The van der Waals surface area contributed by atoms with Crippen molar-refractivity contribution in [1.82, 2.24) is 0 Å². The minimum atomic E-state index is -4.48. The van der Waals surface area contributed by atoms with Crippen LogP contribution in [-0.4, -0.2) is 17.1 Å². The van der Waals surface area contributed by atoms with Crippen molar-refractivity contribution in [2.24, 2.45) is 5.92 Å². The van der Waals surface area contributed by atoms with Crippen molar-refractivity contribution >= 4 is 27.6 Å². The first kappa shape index (κ1) is 15.2. The zero-order valence-electron chi connectivity index (χ0n) is 10.4. The Kier molecular flexibility index (Phi) is 4.27. The van der Waals surface area contributed by atoms with Gasteiger partial charge in [0.2, 0.25) is 0 Å². The number of carboxylic acid groups (broad SMARTS) is 1. The molecule has 2 unspecified atom stereocenters. The molecule has 110 valence electrons. The summed E-state index contributed by atoms with van der Waals surface area (Å²) in [6.45, 7) is 0. The zero-order valence-corrected chi connectivity index (χ0v) is 12.0. The summed E-state index contributed by atoms with van der Waals surface area (Å²) in [4.78, 5) is 11.1. The van der Waals surface area contributed by atoms with Crippen LogP contribution in [0.25, 0.3) is 0 Å². The van der Waals surface area contributed by atoms with Crippen LogP contribution in [0.4, 0.5) is 18.9 Å². The lowest BCUT2D eigenvalue weighted by atomic mass is 10.0. The van der Waals surface area contributed by atoms with Gasteiger partial charge in [0.05, 0.1) is 11.5 Å². The van der Waals surface area contributed by atoms with Gasteiger partial charge in [0.15, 0.2) is 0 Å². The average molecular weight is 352 g/mol. The number of nitrogens with one attached hydrogen (secondary N) is 1. The van der Waals surface area contributed by atoms with Crippen LogP contribution in [0.3, 0.4) is 0 Å². The second kappa shape index (κ2) is 5.63. The zero-order chi connectivity index (χ0) is 14.9. The van der Waals surface area contributed by atoms with E-state index in [1.54, 1.807) is 0 Å². The van der Waals surface area contributed by atoms with E-state index in [0.29, 0.717) is 23.7 Å². The number of hydrogen-bond donors (Lipinski definition) is 2. The number of benzene rings is 1. The average Bonchev–Trinajstić information content (AvgIpc) is 2.78. The van der Waals surface area contributed by atoms with Crippen molar-refractivity contribution in [1.29, 1.82) is 0 Å². The van der Waals surface area contributed by atoms with Gasteiger partial charge in [-0.2, -0.15) is 13.2 Å². The lowest BCUT2D eigenvalue weighted by molar-refractivity contribution is -0.141. The van der Waals surface area contributed by atoms with Gasteiger partial charge in [-0.1, -0.05) is 22.4 Å². The second-order valence-corrected chi connectivity index (χ2v) is 5.73. The van der Waals surface area contributed by atoms with Crippen molar-refractivity contribution in [3.05, 3.63) is 28.2 Å². The quantitative estimate of drug-likeness (QED) is 0.860. The molecule has 0 bridgehead atoms. The molecule has 2 atom stereocenters. The van der Waals surface area contributed by atoms with Gasteiger partial charge in [0, 0.05) is 16.2 Å². The van der Waals surface area contributed by atoms with Gasteiger partial charge in [-0.25, -0.2) is 0 Å². The van der Waals surface area contributed by atoms with Crippen LogP contribution < -0.4 is 5.32 Å². The van der Waals surface area contributed by atoms with E-state index in [-0.39, 0.29) is 5.69 Å². The molecule has 0 aromatic heterocycles. The summed E-state index contributed by atoms with van der Waals surface area (Å²) in [7, 11) is 0. The van der Waals surface area contributed by atoms with E-state index in [1.165, 1.54) is 12.1 Å². The Labute approximate surface area is 122 Å². The topological polar surface area (TPSA) is 49.3 Å². The number of anilines is 1. The van der Waals surface area contributed by atoms with Crippen LogP contribution in [0.1, 0.15) is 24.8 Å². The first-order chi connectivity index (χ1) is 9.29. The number of hydrogen-bond acceptors (Lipinski definition) is 2. The van der Waals surface area contributed by atoms with Crippen LogP contribution in [0.15, 0.2) is 22.7 Å². The summed E-state index contributed by atoms with van der Waals surface area (Å²) in [6.07, 6.45) is -2.73. The van der Waals surface area contributed by atoms with E-state index < -0.39 is 29.7 Å². The minimum absolute atomic E-state index is 0.0705. The standard InChI is InChI=1S/C13H13BrF3NO2/c14-7-4-5-11(9(6-7)13(15,16)17)18-10-3-1-2-8(10)12(19)20/h4-6,8,10,18H,1-3H2,(H,19,20). The van der Waals surface area contributed by atoms with E-state index in [2.05, 4.69) is 21.2 Å². The predicted octanol–water partition coefficient (Wildman–Crippen LogP) is 4.13. The largest absolute Gasteiger partial charge is 0.481 e. The molecule has 0 heterocycles. The molecule has 20 heavy (non-hydrogen) atoms. The van der Waals surface area contributed by atoms with Gasteiger partial charge in [0.25, 0.3) is 0 Å². The number of halogens is 4. The Balaban J connectivity index is 2.27. The maximum atomic E-state index is 13.0. The molecule has 2 rings (SSSR count). The van der Waals surface area contributed by atoms with Gasteiger partial charge < -0.3 is 10.4 Å². The molecule has 2 N–H and O–H groups in total. The lowest BCUT2D eigenvalue weighted by Gasteiger charge is -2.22.